The molecule has 0 aromatic carbocycles. The molecule has 0 radical (unpaired) electrons. The van der Waals surface area contributed by atoms with Crippen molar-refractivity contribution in [1.82, 2.24) is 0 Å². The second kappa shape index (κ2) is 59.4. The predicted octanol–water partition coefficient (Wildman–Crippen LogP) is 19.0. The minimum Gasteiger partial charge on any atom is -0.545 e. The third-order valence-corrected chi connectivity index (χ3v) is 15.6. The topological polar surface area (TPSA) is 111 Å². The van der Waals surface area contributed by atoms with Crippen LogP contribution in [-0.4, -0.2) is 82.3 Å². The van der Waals surface area contributed by atoms with E-state index in [0.29, 0.717) is 17.4 Å². The molecule has 0 aromatic rings. The van der Waals surface area contributed by atoms with Crippen LogP contribution in [0.5, 0.6) is 0 Å². The molecule has 0 spiro atoms. The van der Waals surface area contributed by atoms with Crippen LogP contribution >= 0.6 is 0 Å². The van der Waals surface area contributed by atoms with Crippen LogP contribution in [0.4, 0.5) is 0 Å². The van der Waals surface area contributed by atoms with E-state index in [2.05, 4.69) is 13.8 Å². The second-order valence-corrected chi connectivity index (χ2v) is 24.5. The summed E-state index contributed by atoms with van der Waals surface area (Å²) in [5, 5.41) is 11.8. The number of rotatable bonds is 64. The Morgan fingerprint density at radius 3 is 0.842 bits per heavy atom. The fourth-order valence-corrected chi connectivity index (χ4v) is 10.4. The van der Waals surface area contributed by atoms with Gasteiger partial charge in [0.1, 0.15) is 13.2 Å². The van der Waals surface area contributed by atoms with Crippen molar-refractivity contribution in [2.75, 3.05) is 47.5 Å². The lowest BCUT2D eigenvalue weighted by Gasteiger charge is -2.26. The molecule has 452 valence electrons. The van der Waals surface area contributed by atoms with Crippen molar-refractivity contribution >= 4 is 17.9 Å². The van der Waals surface area contributed by atoms with Gasteiger partial charge in [-0.05, 0) is 12.8 Å². The maximum Gasteiger partial charge on any atom is 0.306 e. The first-order valence-electron chi connectivity index (χ1n) is 33.7. The summed E-state index contributed by atoms with van der Waals surface area (Å²) < 4.78 is 22.8. The summed E-state index contributed by atoms with van der Waals surface area (Å²) in [6.45, 7) is 4.84. The monoisotopic (exact) mass is 1080 g/mol. The fraction of sp³-hybridized carbons (Fsp3) is 0.955. The van der Waals surface area contributed by atoms with Crippen LogP contribution in [0.25, 0.3) is 0 Å². The number of unbranched alkanes of at least 4 members (excludes halogenated alkanes) is 49. The van der Waals surface area contributed by atoms with Gasteiger partial charge in [0, 0.05) is 12.8 Å². The maximum atomic E-state index is 12.9. The Morgan fingerprint density at radius 1 is 0.342 bits per heavy atom. The SMILES string of the molecule is CCCCCCCCCCCCCCCCCCCCCCCCCCCCC(=O)OC(COC(=O)CCCCCCCCCCCCCCCCCCCCCCCCCCC)COC(OCC[N+](C)(C)C)C(=O)[O-]. The quantitative estimate of drug-likeness (QED) is 0.0256. The van der Waals surface area contributed by atoms with Gasteiger partial charge in [0.15, 0.2) is 12.4 Å². The number of carbonyl (C=O) groups excluding carboxylic acids is 3. The Hall–Kier alpha value is -1.71. The summed E-state index contributed by atoms with van der Waals surface area (Å²) in [4.78, 5) is 37.4. The van der Waals surface area contributed by atoms with E-state index in [1.54, 1.807) is 0 Å². The molecule has 2 atom stereocenters. The maximum absolute atomic E-state index is 12.9. The van der Waals surface area contributed by atoms with Gasteiger partial charge in [-0.25, -0.2) is 0 Å². The summed E-state index contributed by atoms with van der Waals surface area (Å²) in [5.41, 5.74) is 0. The molecule has 0 saturated carbocycles. The highest BCUT2D eigenvalue weighted by atomic mass is 16.7. The fourth-order valence-electron chi connectivity index (χ4n) is 10.4. The lowest BCUT2D eigenvalue weighted by Crippen LogP contribution is -2.44. The number of esters is 2. The van der Waals surface area contributed by atoms with Crippen LogP contribution in [-0.2, 0) is 33.3 Å². The highest BCUT2D eigenvalue weighted by Gasteiger charge is 2.22. The summed E-state index contributed by atoms with van der Waals surface area (Å²) in [5.74, 6) is -2.24. The summed E-state index contributed by atoms with van der Waals surface area (Å²) in [6, 6.07) is 0. The molecule has 0 saturated heterocycles. The Kier molecular flexibility index (Phi) is 58.1. The summed E-state index contributed by atoms with van der Waals surface area (Å²) >= 11 is 0. The number of aliphatic carboxylic acids is 1. The molecule has 0 N–H and O–H groups in total. The minimum atomic E-state index is -1.62. The molecule has 0 aliphatic carbocycles. The van der Waals surface area contributed by atoms with Crippen molar-refractivity contribution in [3.05, 3.63) is 0 Å². The van der Waals surface area contributed by atoms with Gasteiger partial charge in [-0.2, -0.15) is 0 Å². The number of nitrogens with zero attached hydrogens (tertiary/aromatic N) is 1. The molecular formula is C67H131NO8. The van der Waals surface area contributed by atoms with Crippen LogP contribution in [0.15, 0.2) is 0 Å². The van der Waals surface area contributed by atoms with E-state index >= 15 is 0 Å². The summed E-state index contributed by atoms with van der Waals surface area (Å²) in [7, 11) is 5.95. The molecule has 0 aliphatic rings. The molecule has 0 bridgehead atoms. The summed E-state index contributed by atoms with van der Waals surface area (Å²) in [6.07, 6.45) is 66.1. The minimum absolute atomic E-state index is 0.154. The number of hydrogen-bond acceptors (Lipinski definition) is 8. The molecule has 0 amide bonds. The number of ether oxygens (including phenoxy) is 4. The van der Waals surface area contributed by atoms with Crippen molar-refractivity contribution in [2.24, 2.45) is 0 Å². The Bertz CT molecular complexity index is 1210. The zero-order valence-electron chi connectivity index (χ0n) is 51.7. The first-order valence-corrected chi connectivity index (χ1v) is 33.7. The third-order valence-electron chi connectivity index (χ3n) is 15.6. The van der Waals surface area contributed by atoms with Gasteiger partial charge in [0.25, 0.3) is 0 Å². The van der Waals surface area contributed by atoms with Gasteiger partial charge < -0.3 is 33.3 Å². The normalized spacial score (nSPS) is 12.6. The third kappa shape index (κ3) is 59.9. The van der Waals surface area contributed by atoms with E-state index in [-0.39, 0.29) is 32.2 Å². The molecule has 9 nitrogen and oxygen atoms in total. The van der Waals surface area contributed by atoms with Gasteiger partial charge in [0.05, 0.1) is 40.3 Å². The number of carboxylic acids is 1. The molecule has 0 rings (SSSR count). The molecule has 9 heteroatoms. The first-order chi connectivity index (χ1) is 37.1. The van der Waals surface area contributed by atoms with E-state index in [0.717, 1.165) is 38.5 Å². The zero-order valence-corrected chi connectivity index (χ0v) is 51.7. The van der Waals surface area contributed by atoms with Gasteiger partial charge >= 0.3 is 11.9 Å². The smallest absolute Gasteiger partial charge is 0.306 e. The molecule has 0 aromatic heterocycles. The van der Waals surface area contributed by atoms with E-state index in [4.69, 9.17) is 18.9 Å². The molecule has 0 heterocycles. The van der Waals surface area contributed by atoms with Gasteiger partial charge in [-0.3, -0.25) is 9.59 Å². The van der Waals surface area contributed by atoms with Gasteiger partial charge in [-0.15, -0.1) is 0 Å². The molecular weight excluding hydrogens is 947 g/mol. The van der Waals surface area contributed by atoms with Crippen LogP contribution in [0.3, 0.4) is 0 Å². The number of quaternary nitrogens is 1. The van der Waals surface area contributed by atoms with Crippen molar-refractivity contribution < 1.29 is 42.9 Å². The van der Waals surface area contributed by atoms with Crippen molar-refractivity contribution in [3.63, 3.8) is 0 Å². The van der Waals surface area contributed by atoms with E-state index in [1.165, 1.54) is 289 Å². The standard InChI is InChI=1S/C67H131NO8/c1-6-8-10-12-14-16-18-20-22-24-26-28-30-32-34-36-38-40-42-44-46-48-50-52-54-56-58-65(70)76-63(62-75-67(66(71)72)73-60-59-68(3,4)5)61-74-64(69)57-55-53-51-49-47-45-43-41-39-37-35-33-31-29-27-25-23-21-19-17-15-13-11-9-7-2/h63,67H,6-62H2,1-5H3. The average Bonchev–Trinajstić information content (AvgIpc) is 3.39. The highest BCUT2D eigenvalue weighted by molar-refractivity contribution is 5.70. The Morgan fingerprint density at radius 2 is 0.592 bits per heavy atom. The molecule has 76 heavy (non-hydrogen) atoms. The van der Waals surface area contributed by atoms with Crippen LogP contribution < -0.4 is 5.11 Å². The number of hydrogen-bond donors (Lipinski definition) is 0. The van der Waals surface area contributed by atoms with Crippen LogP contribution in [0, 0.1) is 0 Å². The lowest BCUT2D eigenvalue weighted by atomic mass is 10.0. The predicted molar refractivity (Wildman–Crippen MR) is 320 cm³/mol. The van der Waals surface area contributed by atoms with Crippen LogP contribution in [0.2, 0.25) is 0 Å². The second-order valence-electron chi connectivity index (χ2n) is 24.5. The van der Waals surface area contributed by atoms with Gasteiger partial charge in [-0.1, -0.05) is 328 Å². The molecule has 0 fully saturated rings. The zero-order chi connectivity index (χ0) is 55.5. The van der Waals surface area contributed by atoms with E-state index < -0.39 is 24.3 Å². The average molecular weight is 1080 g/mol. The molecule has 2 unspecified atom stereocenters. The Labute approximate surface area is 473 Å². The van der Waals surface area contributed by atoms with Crippen molar-refractivity contribution in [2.45, 2.75) is 367 Å². The van der Waals surface area contributed by atoms with Gasteiger partial charge in [0.2, 0.25) is 0 Å². The highest BCUT2D eigenvalue weighted by Crippen LogP contribution is 2.19. The van der Waals surface area contributed by atoms with E-state index in [1.807, 2.05) is 21.1 Å². The number of likely N-dealkylation sites (N-methyl/N-ethyl adjacent to an activating group) is 1. The largest absolute Gasteiger partial charge is 0.545 e. The first kappa shape index (κ1) is 74.3. The van der Waals surface area contributed by atoms with Crippen molar-refractivity contribution in [1.29, 1.82) is 0 Å². The lowest BCUT2D eigenvalue weighted by molar-refractivity contribution is -0.870. The van der Waals surface area contributed by atoms with Crippen molar-refractivity contribution in [3.8, 4) is 0 Å². The number of carbonyl (C=O) groups is 3. The molecule has 0 aliphatic heterocycles. The number of carboxylic acid groups (broad SMARTS) is 1. The van der Waals surface area contributed by atoms with E-state index in [9.17, 15) is 19.5 Å². The van der Waals surface area contributed by atoms with Crippen LogP contribution in [0.1, 0.15) is 354 Å². The Balaban J connectivity index is 4.08.